The lowest BCUT2D eigenvalue weighted by Gasteiger charge is -2.15. The van der Waals surface area contributed by atoms with E-state index in [4.69, 9.17) is 4.42 Å². The van der Waals surface area contributed by atoms with E-state index in [-0.39, 0.29) is 28.9 Å². The molecule has 2 aromatic heterocycles. The van der Waals surface area contributed by atoms with E-state index in [0.29, 0.717) is 0 Å². The lowest BCUT2D eigenvalue weighted by Crippen LogP contribution is -2.27. The number of anilines is 1. The quantitative estimate of drug-likeness (QED) is 0.708. The fourth-order valence-corrected chi connectivity index (χ4v) is 2.71. The van der Waals surface area contributed by atoms with Crippen LogP contribution in [0, 0.1) is 6.92 Å². The van der Waals surface area contributed by atoms with Crippen LogP contribution < -0.4 is 10.5 Å². The van der Waals surface area contributed by atoms with Gasteiger partial charge >= 0.3 is 18.2 Å². The highest BCUT2D eigenvalue weighted by Gasteiger charge is 2.31. The highest BCUT2D eigenvalue weighted by Crippen LogP contribution is 2.31. The summed E-state index contributed by atoms with van der Waals surface area (Å²) >= 11 is 0. The molecule has 3 aromatic rings. The zero-order chi connectivity index (χ0) is 21.5. The third kappa shape index (κ3) is 3.71. The molecule has 3 rings (SSSR count). The van der Waals surface area contributed by atoms with Crippen molar-refractivity contribution in [1.82, 2.24) is 14.8 Å². The number of hydrogen-bond acceptors (Lipinski definition) is 6. The van der Waals surface area contributed by atoms with Crippen molar-refractivity contribution in [2.45, 2.75) is 13.1 Å². The van der Waals surface area contributed by atoms with E-state index in [2.05, 4.69) is 10.2 Å². The molecule has 29 heavy (non-hydrogen) atoms. The number of benzene rings is 1. The Hall–Kier alpha value is -3.63. The Morgan fingerprint density at radius 2 is 1.90 bits per heavy atom. The molecule has 0 fully saturated rings. The largest absolute Gasteiger partial charge is 0.477 e. The maximum atomic E-state index is 13.1. The first kappa shape index (κ1) is 20.1. The predicted octanol–water partition coefficient (Wildman–Crippen LogP) is 2.98. The van der Waals surface area contributed by atoms with Crippen molar-refractivity contribution in [3.63, 3.8) is 0 Å². The average molecular weight is 408 g/mol. The number of pyridine rings is 1. The molecule has 0 radical (unpaired) electrons. The molecule has 2 heterocycles. The van der Waals surface area contributed by atoms with E-state index in [1.54, 1.807) is 14.1 Å². The molecule has 0 unspecified atom stereocenters. The number of rotatable bonds is 4. The Balaban J connectivity index is 2.31. The summed E-state index contributed by atoms with van der Waals surface area (Å²) in [7, 11) is 3.30. The van der Waals surface area contributed by atoms with Crippen molar-refractivity contribution < 1.29 is 27.5 Å². The molecule has 0 atom stereocenters. The molecule has 0 bridgehead atoms. The van der Waals surface area contributed by atoms with Gasteiger partial charge in [-0.25, -0.2) is 4.79 Å². The van der Waals surface area contributed by atoms with Crippen LogP contribution in [0.1, 0.15) is 21.6 Å². The van der Waals surface area contributed by atoms with Gasteiger partial charge in [0.25, 0.3) is 11.4 Å². The molecule has 0 aliphatic carbocycles. The van der Waals surface area contributed by atoms with Gasteiger partial charge in [0.15, 0.2) is 0 Å². The number of nitrogens with zero attached hydrogens (tertiary/aromatic N) is 4. The van der Waals surface area contributed by atoms with Gasteiger partial charge in [-0.3, -0.25) is 9.36 Å². The topological polar surface area (TPSA) is 101 Å². The van der Waals surface area contributed by atoms with E-state index in [0.717, 1.165) is 28.8 Å². The van der Waals surface area contributed by atoms with Crippen LogP contribution >= 0.6 is 0 Å². The van der Waals surface area contributed by atoms with Crippen LogP contribution in [-0.4, -0.2) is 39.9 Å². The maximum Gasteiger partial charge on any atom is 0.416 e. The van der Waals surface area contributed by atoms with Gasteiger partial charge in [-0.05, 0) is 31.2 Å². The molecule has 0 spiro atoms. The minimum absolute atomic E-state index is 0.0746. The first-order chi connectivity index (χ1) is 13.5. The molecule has 8 nitrogen and oxygen atoms in total. The standard InChI is InChI=1S/C18H15F3N4O4/c1-9-12(14-22-23-17(29-14)24(2)3)8-13(16(27)28)15(26)25(9)11-6-4-5-10(7-11)18(19,20)21/h4-8H,1-3H3,(H,27,28). The number of carboxylic acids is 1. The van der Waals surface area contributed by atoms with Gasteiger partial charge in [0, 0.05) is 25.5 Å². The van der Waals surface area contributed by atoms with Gasteiger partial charge in [0.05, 0.1) is 11.1 Å². The highest BCUT2D eigenvalue weighted by molar-refractivity contribution is 5.89. The third-order valence-electron chi connectivity index (χ3n) is 4.14. The van der Waals surface area contributed by atoms with E-state index < -0.39 is 28.8 Å². The minimum Gasteiger partial charge on any atom is -0.477 e. The van der Waals surface area contributed by atoms with Crippen LogP contribution in [0.25, 0.3) is 17.1 Å². The Labute approximate surface area is 161 Å². The molecule has 1 N–H and O–H groups in total. The SMILES string of the molecule is Cc1c(-c2nnc(N(C)C)o2)cc(C(=O)O)c(=O)n1-c1cccc(C(F)(F)F)c1. The molecule has 0 aliphatic rings. The second-order valence-corrected chi connectivity index (χ2v) is 6.34. The van der Waals surface area contributed by atoms with Crippen LogP contribution in [0.2, 0.25) is 0 Å². The second kappa shape index (κ2) is 7.08. The van der Waals surface area contributed by atoms with Crippen molar-refractivity contribution in [3.05, 3.63) is 57.5 Å². The number of aromatic carboxylic acids is 1. The summed E-state index contributed by atoms with van der Waals surface area (Å²) in [4.78, 5) is 25.8. The van der Waals surface area contributed by atoms with Gasteiger partial charge in [0.1, 0.15) is 5.56 Å². The Bertz CT molecular complexity index is 1150. The summed E-state index contributed by atoms with van der Waals surface area (Å²) in [5, 5.41) is 17.1. The van der Waals surface area contributed by atoms with E-state index in [1.807, 2.05) is 0 Å². The summed E-state index contributed by atoms with van der Waals surface area (Å²) in [6.07, 6.45) is -4.63. The van der Waals surface area contributed by atoms with Crippen molar-refractivity contribution in [3.8, 4) is 17.1 Å². The average Bonchev–Trinajstić information content (AvgIpc) is 3.11. The molecule has 11 heteroatoms. The third-order valence-corrected chi connectivity index (χ3v) is 4.14. The van der Waals surface area contributed by atoms with Crippen LogP contribution in [0.4, 0.5) is 19.2 Å². The molecular formula is C18H15F3N4O4. The normalized spacial score (nSPS) is 11.5. The van der Waals surface area contributed by atoms with Crippen molar-refractivity contribution in [2.24, 2.45) is 0 Å². The number of carboxylic acid groups (broad SMARTS) is 1. The lowest BCUT2D eigenvalue weighted by atomic mass is 10.1. The fraction of sp³-hybridized carbons (Fsp3) is 0.222. The smallest absolute Gasteiger partial charge is 0.416 e. The Morgan fingerprint density at radius 3 is 2.45 bits per heavy atom. The highest BCUT2D eigenvalue weighted by atomic mass is 19.4. The first-order valence-electron chi connectivity index (χ1n) is 8.19. The Morgan fingerprint density at radius 1 is 1.21 bits per heavy atom. The summed E-state index contributed by atoms with van der Waals surface area (Å²) in [6, 6.07) is 5.23. The zero-order valence-electron chi connectivity index (χ0n) is 15.5. The van der Waals surface area contributed by atoms with Crippen molar-refractivity contribution in [2.75, 3.05) is 19.0 Å². The van der Waals surface area contributed by atoms with Gasteiger partial charge in [-0.2, -0.15) is 13.2 Å². The molecule has 152 valence electrons. The first-order valence-corrected chi connectivity index (χ1v) is 8.19. The second-order valence-electron chi connectivity index (χ2n) is 6.34. The predicted molar refractivity (Wildman–Crippen MR) is 96.4 cm³/mol. The summed E-state index contributed by atoms with van der Waals surface area (Å²) < 4.78 is 45.6. The fourth-order valence-electron chi connectivity index (χ4n) is 2.71. The van der Waals surface area contributed by atoms with Crippen LogP contribution in [-0.2, 0) is 6.18 Å². The maximum absolute atomic E-state index is 13.1. The van der Waals surface area contributed by atoms with Crippen LogP contribution in [0.15, 0.2) is 39.5 Å². The summed E-state index contributed by atoms with van der Waals surface area (Å²) in [5.74, 6) is -1.61. The van der Waals surface area contributed by atoms with Gasteiger partial charge in [0.2, 0.25) is 0 Å². The molecule has 0 aliphatic heterocycles. The number of aromatic nitrogens is 3. The number of carbonyl (C=O) groups is 1. The Kier molecular flexibility index (Phi) is 4.91. The molecule has 0 saturated carbocycles. The monoisotopic (exact) mass is 408 g/mol. The lowest BCUT2D eigenvalue weighted by molar-refractivity contribution is -0.137. The zero-order valence-corrected chi connectivity index (χ0v) is 15.5. The van der Waals surface area contributed by atoms with E-state index >= 15 is 0 Å². The number of halogens is 3. The van der Waals surface area contributed by atoms with Gasteiger partial charge in [-0.15, -0.1) is 5.10 Å². The number of hydrogen-bond donors (Lipinski definition) is 1. The molecule has 0 saturated heterocycles. The van der Waals surface area contributed by atoms with E-state index in [9.17, 15) is 27.9 Å². The minimum atomic E-state index is -4.63. The van der Waals surface area contributed by atoms with Crippen molar-refractivity contribution >= 4 is 12.0 Å². The number of alkyl halides is 3. The molecular weight excluding hydrogens is 393 g/mol. The van der Waals surface area contributed by atoms with Crippen LogP contribution in [0.5, 0.6) is 0 Å². The van der Waals surface area contributed by atoms with Crippen LogP contribution in [0.3, 0.4) is 0 Å². The molecule has 1 aromatic carbocycles. The van der Waals surface area contributed by atoms with Gasteiger partial charge < -0.3 is 14.4 Å². The summed E-state index contributed by atoms with van der Waals surface area (Å²) in [5.41, 5.74) is -2.48. The van der Waals surface area contributed by atoms with Crippen molar-refractivity contribution in [1.29, 1.82) is 0 Å². The van der Waals surface area contributed by atoms with E-state index in [1.165, 1.54) is 17.9 Å². The van der Waals surface area contributed by atoms with Gasteiger partial charge in [-0.1, -0.05) is 11.2 Å². The summed E-state index contributed by atoms with van der Waals surface area (Å²) in [6.45, 7) is 1.45. The molecule has 0 amide bonds.